The summed E-state index contributed by atoms with van der Waals surface area (Å²) >= 11 is 11.7. The highest BCUT2D eigenvalue weighted by atomic mass is 35.5. The van der Waals surface area contributed by atoms with Crippen LogP contribution in [-0.4, -0.2) is 43.1 Å². The fourth-order valence-electron chi connectivity index (χ4n) is 2.05. The molecule has 1 aliphatic rings. The summed E-state index contributed by atoms with van der Waals surface area (Å²) in [6.45, 7) is 5.09. The van der Waals surface area contributed by atoms with Gasteiger partial charge in [0.1, 0.15) is 0 Å². The minimum absolute atomic E-state index is 0.176. The molecule has 0 spiro atoms. The Balaban J connectivity index is 2.80. The largest absolute Gasteiger partial charge is 0.280 e. The molecular weight excluding hydrogens is 295 g/mol. The molecule has 1 aliphatic heterocycles. The third-order valence-electron chi connectivity index (χ3n) is 3.49. The minimum Gasteiger partial charge on any atom is -0.195 e. The number of nitrogens with zero attached hydrogens (tertiary/aromatic N) is 1. The maximum atomic E-state index is 12.3. The maximum Gasteiger partial charge on any atom is 0.280 e. The van der Waals surface area contributed by atoms with Crippen molar-refractivity contribution in [1.29, 1.82) is 0 Å². The van der Waals surface area contributed by atoms with Gasteiger partial charge in [-0.1, -0.05) is 13.8 Å². The SMILES string of the molecule is CCC(CCl)(CCl)NS(=O)(=O)N1CCCC(C)C1. The van der Waals surface area contributed by atoms with Crippen LogP contribution in [0.2, 0.25) is 0 Å². The number of hydrogen-bond acceptors (Lipinski definition) is 2. The monoisotopic (exact) mass is 316 g/mol. The second-order valence-electron chi connectivity index (χ2n) is 5.11. The molecule has 0 aliphatic carbocycles. The lowest BCUT2D eigenvalue weighted by Crippen LogP contribution is -2.57. The minimum atomic E-state index is -3.50. The van der Waals surface area contributed by atoms with Gasteiger partial charge >= 0.3 is 0 Å². The van der Waals surface area contributed by atoms with Crippen LogP contribution < -0.4 is 4.72 Å². The lowest BCUT2D eigenvalue weighted by Gasteiger charge is -2.35. The lowest BCUT2D eigenvalue weighted by atomic mass is 10.0. The van der Waals surface area contributed by atoms with Crippen LogP contribution >= 0.6 is 23.2 Å². The van der Waals surface area contributed by atoms with E-state index in [1.54, 1.807) is 0 Å². The van der Waals surface area contributed by atoms with Gasteiger partial charge in [-0.25, -0.2) is 0 Å². The molecule has 0 amide bonds. The summed E-state index contributed by atoms with van der Waals surface area (Å²) < 4.78 is 28.8. The number of alkyl halides is 2. The van der Waals surface area contributed by atoms with E-state index in [9.17, 15) is 8.42 Å². The molecule has 0 saturated carbocycles. The number of halogens is 2. The van der Waals surface area contributed by atoms with Crippen molar-refractivity contribution in [3.05, 3.63) is 0 Å². The van der Waals surface area contributed by atoms with Gasteiger partial charge < -0.3 is 0 Å². The summed E-state index contributed by atoms with van der Waals surface area (Å²) in [6.07, 6.45) is 2.56. The van der Waals surface area contributed by atoms with Gasteiger partial charge in [-0.3, -0.25) is 0 Å². The Morgan fingerprint density at radius 2 is 2.00 bits per heavy atom. The van der Waals surface area contributed by atoms with Gasteiger partial charge in [-0.05, 0) is 25.2 Å². The zero-order valence-corrected chi connectivity index (χ0v) is 13.3. The highest BCUT2D eigenvalue weighted by Gasteiger charge is 2.35. The van der Waals surface area contributed by atoms with Crippen molar-refractivity contribution in [2.24, 2.45) is 5.92 Å². The summed E-state index contributed by atoms with van der Waals surface area (Å²) in [5.74, 6) is 0.754. The smallest absolute Gasteiger partial charge is 0.195 e. The molecule has 7 heteroatoms. The van der Waals surface area contributed by atoms with Crippen LogP contribution in [0.3, 0.4) is 0 Å². The average molecular weight is 317 g/mol. The molecule has 1 saturated heterocycles. The van der Waals surface area contributed by atoms with E-state index in [1.165, 1.54) is 4.31 Å². The summed E-state index contributed by atoms with van der Waals surface area (Å²) in [6, 6.07) is 0. The van der Waals surface area contributed by atoms with Gasteiger partial charge in [0.25, 0.3) is 10.2 Å². The molecule has 1 heterocycles. The van der Waals surface area contributed by atoms with Crippen LogP contribution in [-0.2, 0) is 10.2 Å². The fraction of sp³-hybridized carbons (Fsp3) is 1.00. The van der Waals surface area contributed by atoms with Crippen LogP contribution in [0.25, 0.3) is 0 Å². The van der Waals surface area contributed by atoms with Gasteiger partial charge in [0.05, 0.1) is 5.54 Å². The molecule has 1 rings (SSSR count). The Labute approximate surface area is 120 Å². The Morgan fingerprint density at radius 3 is 2.44 bits per heavy atom. The zero-order valence-electron chi connectivity index (χ0n) is 11.0. The van der Waals surface area contributed by atoms with E-state index in [0.29, 0.717) is 25.4 Å². The Bertz CT molecular complexity index is 350. The predicted octanol–water partition coefficient (Wildman–Crippen LogP) is 2.18. The number of rotatable bonds is 6. The molecule has 0 bridgehead atoms. The van der Waals surface area contributed by atoms with Gasteiger partial charge in [-0.15, -0.1) is 23.2 Å². The molecule has 0 radical (unpaired) electrons. The number of piperidine rings is 1. The zero-order chi connectivity index (χ0) is 13.8. The Hall–Kier alpha value is 0.450. The quantitative estimate of drug-likeness (QED) is 0.763. The average Bonchev–Trinajstić information content (AvgIpc) is 2.36. The van der Waals surface area contributed by atoms with E-state index in [0.717, 1.165) is 12.8 Å². The molecule has 1 fully saturated rings. The van der Waals surface area contributed by atoms with Gasteiger partial charge in [0, 0.05) is 24.8 Å². The second-order valence-corrected chi connectivity index (χ2v) is 7.32. The highest BCUT2D eigenvalue weighted by molar-refractivity contribution is 7.87. The van der Waals surface area contributed by atoms with E-state index in [-0.39, 0.29) is 11.8 Å². The first-order valence-corrected chi connectivity index (χ1v) is 8.81. The van der Waals surface area contributed by atoms with E-state index >= 15 is 0 Å². The Kier molecular flexibility index (Phi) is 6.19. The van der Waals surface area contributed by atoms with E-state index in [2.05, 4.69) is 11.6 Å². The van der Waals surface area contributed by atoms with Gasteiger partial charge in [0.15, 0.2) is 0 Å². The number of hydrogen-bond donors (Lipinski definition) is 1. The van der Waals surface area contributed by atoms with Crippen molar-refractivity contribution in [2.45, 2.75) is 38.6 Å². The molecule has 1 atom stereocenters. The van der Waals surface area contributed by atoms with Gasteiger partial charge in [-0.2, -0.15) is 17.4 Å². The molecular formula is C11H22Cl2N2O2S. The van der Waals surface area contributed by atoms with Gasteiger partial charge in [0.2, 0.25) is 0 Å². The maximum absolute atomic E-state index is 12.3. The van der Waals surface area contributed by atoms with Crippen molar-refractivity contribution in [1.82, 2.24) is 9.03 Å². The topological polar surface area (TPSA) is 49.4 Å². The lowest BCUT2D eigenvalue weighted by molar-refractivity contribution is 0.272. The molecule has 4 nitrogen and oxygen atoms in total. The van der Waals surface area contributed by atoms with E-state index in [1.807, 2.05) is 6.92 Å². The van der Waals surface area contributed by atoms with Crippen LogP contribution in [0.4, 0.5) is 0 Å². The van der Waals surface area contributed by atoms with E-state index in [4.69, 9.17) is 23.2 Å². The van der Waals surface area contributed by atoms with Crippen LogP contribution in [0.1, 0.15) is 33.1 Å². The van der Waals surface area contributed by atoms with Crippen molar-refractivity contribution in [3.63, 3.8) is 0 Å². The molecule has 0 aromatic rings. The molecule has 18 heavy (non-hydrogen) atoms. The first kappa shape index (κ1) is 16.5. The summed E-state index contributed by atoms with van der Waals surface area (Å²) in [5, 5.41) is 0. The van der Waals surface area contributed by atoms with Crippen LogP contribution in [0.5, 0.6) is 0 Å². The molecule has 1 N–H and O–H groups in total. The third-order valence-corrected chi connectivity index (χ3v) is 6.22. The summed E-state index contributed by atoms with van der Waals surface area (Å²) in [5.41, 5.74) is -0.747. The van der Waals surface area contributed by atoms with Crippen molar-refractivity contribution >= 4 is 33.4 Å². The van der Waals surface area contributed by atoms with Crippen molar-refractivity contribution in [2.75, 3.05) is 24.8 Å². The highest BCUT2D eigenvalue weighted by Crippen LogP contribution is 2.21. The van der Waals surface area contributed by atoms with E-state index < -0.39 is 15.7 Å². The van der Waals surface area contributed by atoms with Crippen LogP contribution in [0, 0.1) is 5.92 Å². The summed E-state index contributed by atoms with van der Waals surface area (Å²) in [4.78, 5) is 0. The normalized spacial score (nSPS) is 23.2. The third kappa shape index (κ3) is 3.97. The van der Waals surface area contributed by atoms with Crippen molar-refractivity contribution < 1.29 is 8.42 Å². The Morgan fingerprint density at radius 1 is 1.39 bits per heavy atom. The number of nitrogens with one attached hydrogen (secondary N) is 1. The summed E-state index contributed by atoms with van der Waals surface area (Å²) in [7, 11) is -3.50. The predicted molar refractivity (Wildman–Crippen MR) is 76.5 cm³/mol. The molecule has 108 valence electrons. The molecule has 1 unspecified atom stereocenters. The first-order chi connectivity index (χ1) is 8.39. The molecule has 0 aromatic carbocycles. The standard InChI is InChI=1S/C11H22Cl2N2O2S/c1-3-11(8-12,9-13)14-18(16,17)15-6-4-5-10(2)7-15/h10,14H,3-9H2,1-2H3. The molecule has 0 aromatic heterocycles. The second kappa shape index (κ2) is 6.75. The van der Waals surface area contributed by atoms with Crippen molar-refractivity contribution in [3.8, 4) is 0 Å². The van der Waals surface area contributed by atoms with Crippen LogP contribution in [0.15, 0.2) is 0 Å². The fourth-order valence-corrected chi connectivity index (χ4v) is 4.80. The first-order valence-electron chi connectivity index (χ1n) is 6.30.